The highest BCUT2D eigenvalue weighted by atomic mass is 32.1. The number of pyridine rings is 2. The van der Waals surface area contributed by atoms with Crippen LogP contribution in [0.1, 0.15) is 45.2 Å². The second kappa shape index (κ2) is 8.94. The van der Waals surface area contributed by atoms with Gasteiger partial charge in [-0.3, -0.25) is 19.9 Å². The fourth-order valence-corrected chi connectivity index (χ4v) is 4.53. The average Bonchev–Trinajstić information content (AvgIpc) is 3.22. The number of carbonyl (C=O) groups excluding carboxylic acids is 2. The van der Waals surface area contributed by atoms with Gasteiger partial charge in [-0.2, -0.15) is 0 Å². The first-order valence-corrected chi connectivity index (χ1v) is 10.7. The van der Waals surface area contributed by atoms with Gasteiger partial charge in [0, 0.05) is 39.7 Å². The monoisotopic (exact) mass is 441 g/mol. The fourth-order valence-electron chi connectivity index (χ4n) is 3.48. The van der Waals surface area contributed by atoms with E-state index >= 15 is 0 Å². The molecule has 0 radical (unpaired) electrons. The van der Waals surface area contributed by atoms with Crippen molar-refractivity contribution in [2.45, 2.75) is 18.8 Å². The molecule has 162 valence electrons. The minimum atomic E-state index is -0.401. The Bertz CT molecular complexity index is 1110. The van der Waals surface area contributed by atoms with Crippen LogP contribution in [0.25, 0.3) is 10.2 Å². The van der Waals surface area contributed by atoms with Gasteiger partial charge >= 0.3 is 0 Å². The first-order valence-electron chi connectivity index (χ1n) is 9.88. The van der Waals surface area contributed by atoms with Gasteiger partial charge in [0.2, 0.25) is 5.88 Å². The molecular formula is C21H23N5O4S. The van der Waals surface area contributed by atoms with Crippen molar-refractivity contribution in [1.29, 1.82) is 0 Å². The van der Waals surface area contributed by atoms with Crippen LogP contribution in [0.4, 0.5) is 5.13 Å². The van der Waals surface area contributed by atoms with Crippen molar-refractivity contribution < 1.29 is 19.1 Å². The number of rotatable bonds is 5. The van der Waals surface area contributed by atoms with Crippen LogP contribution in [-0.2, 0) is 4.74 Å². The van der Waals surface area contributed by atoms with Gasteiger partial charge in [0.05, 0.1) is 17.4 Å². The zero-order valence-corrected chi connectivity index (χ0v) is 18.4. The summed E-state index contributed by atoms with van der Waals surface area (Å²) in [5.74, 6) is 0.183. The Hall–Kier alpha value is -3.11. The van der Waals surface area contributed by atoms with Gasteiger partial charge in [0.15, 0.2) is 5.13 Å². The predicted octanol–water partition coefficient (Wildman–Crippen LogP) is 2.94. The minimum absolute atomic E-state index is 0.175. The molecule has 0 bridgehead atoms. The molecular weight excluding hydrogens is 418 g/mol. The van der Waals surface area contributed by atoms with E-state index < -0.39 is 5.91 Å². The molecule has 0 atom stereocenters. The Balaban J connectivity index is 1.59. The lowest BCUT2D eigenvalue weighted by atomic mass is 9.93. The molecule has 3 aromatic heterocycles. The maximum Gasteiger partial charge on any atom is 0.276 e. The Morgan fingerprint density at radius 2 is 1.97 bits per heavy atom. The van der Waals surface area contributed by atoms with E-state index in [9.17, 15) is 9.59 Å². The summed E-state index contributed by atoms with van der Waals surface area (Å²) in [5.41, 5.74) is 2.34. The third-order valence-corrected chi connectivity index (χ3v) is 6.16. The van der Waals surface area contributed by atoms with E-state index in [1.807, 2.05) is 6.20 Å². The third-order valence-electron chi connectivity index (χ3n) is 5.14. The summed E-state index contributed by atoms with van der Waals surface area (Å²) in [6, 6.07) is 3.10. The molecule has 0 spiro atoms. The van der Waals surface area contributed by atoms with Crippen LogP contribution in [-0.4, -0.2) is 66.1 Å². The summed E-state index contributed by atoms with van der Waals surface area (Å²) < 4.78 is 11.8. The average molecular weight is 442 g/mol. The number of hydrogen-bond donors (Lipinski definition) is 1. The highest BCUT2D eigenvalue weighted by molar-refractivity contribution is 7.22. The molecule has 0 aliphatic carbocycles. The summed E-state index contributed by atoms with van der Waals surface area (Å²) in [4.78, 5) is 39.2. The number of carbonyl (C=O) groups is 2. The first-order chi connectivity index (χ1) is 15.0. The van der Waals surface area contributed by atoms with E-state index in [0.29, 0.717) is 28.0 Å². The van der Waals surface area contributed by atoms with Crippen molar-refractivity contribution in [1.82, 2.24) is 19.9 Å². The van der Waals surface area contributed by atoms with E-state index in [0.717, 1.165) is 36.3 Å². The Labute approximate surface area is 183 Å². The van der Waals surface area contributed by atoms with Gasteiger partial charge in [-0.25, -0.2) is 9.97 Å². The van der Waals surface area contributed by atoms with Gasteiger partial charge < -0.3 is 14.4 Å². The van der Waals surface area contributed by atoms with Crippen molar-refractivity contribution in [3.05, 3.63) is 41.3 Å². The van der Waals surface area contributed by atoms with Crippen molar-refractivity contribution in [2.24, 2.45) is 0 Å². The van der Waals surface area contributed by atoms with Gasteiger partial charge in [0.25, 0.3) is 11.8 Å². The third kappa shape index (κ3) is 4.35. The molecule has 4 heterocycles. The second-order valence-electron chi connectivity index (χ2n) is 7.39. The largest absolute Gasteiger partial charge is 0.479 e. The second-order valence-corrected chi connectivity index (χ2v) is 8.39. The summed E-state index contributed by atoms with van der Waals surface area (Å²) in [5, 5.41) is 3.24. The van der Waals surface area contributed by atoms with Crippen LogP contribution in [0.15, 0.2) is 24.5 Å². The molecule has 1 aliphatic heterocycles. The number of thiazole rings is 1. The standard InChI is InChI=1S/C21H23N5O4S/c1-26(2)20(28)13-4-5-15(22-10-13)18(27)25-21-24-16-17(31-21)14(11-23-19(16)29-3)12-6-8-30-9-7-12/h4-5,10-12H,6-9H2,1-3H3,(H,24,25,27). The maximum absolute atomic E-state index is 12.7. The van der Waals surface area contributed by atoms with E-state index in [-0.39, 0.29) is 11.6 Å². The zero-order valence-electron chi connectivity index (χ0n) is 17.5. The summed E-state index contributed by atoms with van der Waals surface area (Å²) in [6.45, 7) is 1.44. The number of ether oxygens (including phenoxy) is 2. The quantitative estimate of drug-likeness (QED) is 0.649. The topological polar surface area (TPSA) is 107 Å². The molecule has 0 saturated carbocycles. The Morgan fingerprint density at radius 3 is 2.61 bits per heavy atom. The highest BCUT2D eigenvalue weighted by Gasteiger charge is 2.23. The van der Waals surface area contributed by atoms with Crippen molar-refractivity contribution in [3.63, 3.8) is 0 Å². The van der Waals surface area contributed by atoms with E-state index in [1.165, 1.54) is 28.5 Å². The highest BCUT2D eigenvalue weighted by Crippen LogP contribution is 2.39. The van der Waals surface area contributed by atoms with Crippen LogP contribution in [0, 0.1) is 0 Å². The lowest BCUT2D eigenvalue weighted by Crippen LogP contribution is -2.22. The number of nitrogens with one attached hydrogen (secondary N) is 1. The lowest BCUT2D eigenvalue weighted by molar-refractivity contribution is 0.0826. The smallest absolute Gasteiger partial charge is 0.276 e. The minimum Gasteiger partial charge on any atom is -0.479 e. The number of aromatic nitrogens is 3. The molecule has 10 heteroatoms. The van der Waals surface area contributed by atoms with Gasteiger partial charge in [-0.1, -0.05) is 11.3 Å². The summed E-state index contributed by atoms with van der Waals surface area (Å²) in [6.07, 6.45) is 5.07. The number of amides is 2. The first kappa shape index (κ1) is 21.1. The SMILES string of the molecule is COc1ncc(C2CCOCC2)c2sc(NC(=O)c3ccc(C(=O)N(C)C)cn3)nc12. The molecule has 1 N–H and O–H groups in total. The van der Waals surface area contributed by atoms with Crippen molar-refractivity contribution in [3.8, 4) is 5.88 Å². The molecule has 4 rings (SSSR count). The summed E-state index contributed by atoms with van der Waals surface area (Å²) in [7, 11) is 4.87. The van der Waals surface area contributed by atoms with Crippen LogP contribution in [0.5, 0.6) is 5.88 Å². The Kier molecular flexibility index (Phi) is 6.10. The molecule has 1 saturated heterocycles. The zero-order chi connectivity index (χ0) is 22.0. The number of anilines is 1. The van der Waals surface area contributed by atoms with Crippen molar-refractivity contribution >= 4 is 38.5 Å². The molecule has 3 aromatic rings. The van der Waals surface area contributed by atoms with Gasteiger partial charge in [-0.15, -0.1) is 0 Å². The van der Waals surface area contributed by atoms with E-state index in [4.69, 9.17) is 9.47 Å². The molecule has 31 heavy (non-hydrogen) atoms. The number of nitrogens with zero attached hydrogens (tertiary/aromatic N) is 4. The van der Waals surface area contributed by atoms with E-state index in [2.05, 4.69) is 20.3 Å². The summed E-state index contributed by atoms with van der Waals surface area (Å²) >= 11 is 1.39. The molecule has 9 nitrogen and oxygen atoms in total. The van der Waals surface area contributed by atoms with Crippen LogP contribution < -0.4 is 10.1 Å². The van der Waals surface area contributed by atoms with Crippen molar-refractivity contribution in [2.75, 3.05) is 39.7 Å². The predicted molar refractivity (Wildman–Crippen MR) is 117 cm³/mol. The molecule has 0 unspecified atom stereocenters. The fraction of sp³-hybridized carbons (Fsp3) is 0.381. The number of hydrogen-bond acceptors (Lipinski definition) is 8. The molecule has 1 fully saturated rings. The van der Waals surface area contributed by atoms with E-state index in [1.54, 1.807) is 27.3 Å². The van der Waals surface area contributed by atoms with Crippen LogP contribution in [0.2, 0.25) is 0 Å². The number of methoxy groups -OCH3 is 1. The maximum atomic E-state index is 12.7. The van der Waals surface area contributed by atoms with Crippen LogP contribution >= 0.6 is 11.3 Å². The molecule has 0 aromatic carbocycles. The van der Waals surface area contributed by atoms with Gasteiger partial charge in [-0.05, 0) is 36.5 Å². The molecule has 2 amide bonds. The van der Waals surface area contributed by atoms with Gasteiger partial charge in [0.1, 0.15) is 11.2 Å². The Morgan fingerprint density at radius 1 is 1.19 bits per heavy atom. The normalized spacial score (nSPS) is 14.4. The molecule has 1 aliphatic rings. The van der Waals surface area contributed by atoms with Crippen LogP contribution in [0.3, 0.4) is 0 Å². The lowest BCUT2D eigenvalue weighted by Gasteiger charge is -2.22. The number of fused-ring (bicyclic) bond motifs is 1.